The molecule has 1 unspecified atom stereocenters. The van der Waals surface area contributed by atoms with Crippen LogP contribution in [-0.2, 0) is 32.7 Å². The number of carbonyl (C=O) groups is 2. The number of phosphoric acid groups is 1. The van der Waals surface area contributed by atoms with Crippen molar-refractivity contribution in [2.75, 3.05) is 26.4 Å². The van der Waals surface area contributed by atoms with E-state index in [4.69, 9.17) is 19.1 Å². The van der Waals surface area contributed by atoms with Crippen LogP contribution >= 0.6 is 7.82 Å². The summed E-state index contributed by atoms with van der Waals surface area (Å²) in [5.74, 6) is -0.921. The smallest absolute Gasteiger partial charge is 0.462 e. The zero-order valence-electron chi connectivity index (χ0n) is 31.9. The number of carbonyl (C=O) groups excluding carboxylic acids is 2. The molecule has 0 rings (SSSR count). The Balaban J connectivity index is 4.30. The molecule has 0 aromatic carbocycles. The van der Waals surface area contributed by atoms with Gasteiger partial charge in [-0.2, -0.15) is 0 Å². The van der Waals surface area contributed by atoms with Gasteiger partial charge in [0.15, 0.2) is 6.10 Å². The number of aliphatic hydroxyl groups is 2. The van der Waals surface area contributed by atoms with Gasteiger partial charge in [0, 0.05) is 12.8 Å². The summed E-state index contributed by atoms with van der Waals surface area (Å²) in [6.07, 6.45) is 31.7. The van der Waals surface area contributed by atoms with E-state index in [1.54, 1.807) is 0 Å². The van der Waals surface area contributed by atoms with Gasteiger partial charge in [0.25, 0.3) is 0 Å². The van der Waals surface area contributed by atoms with Crippen LogP contribution in [0.15, 0.2) is 12.2 Å². The largest absolute Gasteiger partial charge is 0.472 e. The lowest BCUT2D eigenvalue weighted by atomic mass is 10.0. The first-order chi connectivity index (χ1) is 24.2. The average Bonchev–Trinajstić information content (AvgIpc) is 3.10. The van der Waals surface area contributed by atoms with Gasteiger partial charge in [0.05, 0.1) is 19.8 Å². The molecule has 3 N–H and O–H groups in total. The van der Waals surface area contributed by atoms with E-state index in [0.717, 1.165) is 38.5 Å². The summed E-state index contributed by atoms with van der Waals surface area (Å²) in [6.45, 7) is 2.35. The highest BCUT2D eigenvalue weighted by atomic mass is 31.2. The number of phosphoric ester groups is 1. The van der Waals surface area contributed by atoms with Crippen LogP contribution in [0.2, 0.25) is 0 Å². The third-order valence-electron chi connectivity index (χ3n) is 8.67. The molecule has 0 bridgehead atoms. The van der Waals surface area contributed by atoms with E-state index in [0.29, 0.717) is 12.8 Å². The standard InChI is InChI=1S/C39H75O10P/c1-3-5-7-9-11-13-15-17-18-19-21-22-24-26-28-30-38(42)46-34-37(35-48-50(44,45)47-33-36(41)32-40)49-39(43)31-29-27-25-23-20-16-14-12-10-8-6-4-2/h9,11,36-37,40-41H,3-8,10,12-35H2,1-2H3,(H,44,45)/b11-9+/t36-,37+/m0/s1. The van der Waals surface area contributed by atoms with Crippen molar-refractivity contribution in [3.05, 3.63) is 12.2 Å². The lowest BCUT2D eigenvalue weighted by Gasteiger charge is -2.20. The second-order valence-electron chi connectivity index (χ2n) is 13.7. The molecule has 0 aromatic rings. The van der Waals surface area contributed by atoms with Crippen molar-refractivity contribution in [1.29, 1.82) is 0 Å². The highest BCUT2D eigenvalue weighted by Crippen LogP contribution is 2.43. The molecule has 0 saturated carbocycles. The maximum absolute atomic E-state index is 12.5. The number of unbranched alkanes of at least 4 members (excludes halogenated alkanes) is 22. The van der Waals surface area contributed by atoms with Crippen LogP contribution in [0, 0.1) is 0 Å². The molecule has 0 spiro atoms. The summed E-state index contributed by atoms with van der Waals surface area (Å²) in [6, 6.07) is 0. The lowest BCUT2D eigenvalue weighted by Crippen LogP contribution is -2.29. The third kappa shape index (κ3) is 35.1. The van der Waals surface area contributed by atoms with Crippen LogP contribution in [0.25, 0.3) is 0 Å². The van der Waals surface area contributed by atoms with Gasteiger partial charge in [-0.25, -0.2) is 4.57 Å². The second kappa shape index (κ2) is 36.1. The predicted molar refractivity (Wildman–Crippen MR) is 201 cm³/mol. The molecule has 0 radical (unpaired) electrons. The van der Waals surface area contributed by atoms with Gasteiger partial charge in [0.1, 0.15) is 12.7 Å². The summed E-state index contributed by atoms with van der Waals surface area (Å²) in [5.41, 5.74) is 0. The predicted octanol–water partition coefficient (Wildman–Crippen LogP) is 10.1. The fourth-order valence-electron chi connectivity index (χ4n) is 5.50. The number of aliphatic hydroxyl groups excluding tert-OH is 2. The van der Waals surface area contributed by atoms with Crippen LogP contribution in [-0.4, -0.2) is 65.7 Å². The topological polar surface area (TPSA) is 149 Å². The van der Waals surface area contributed by atoms with Crippen molar-refractivity contribution in [2.45, 2.75) is 199 Å². The molecule has 0 aliphatic heterocycles. The summed E-state index contributed by atoms with van der Waals surface area (Å²) in [4.78, 5) is 34.8. The van der Waals surface area contributed by atoms with Crippen LogP contribution < -0.4 is 0 Å². The average molecular weight is 735 g/mol. The van der Waals surface area contributed by atoms with Crippen LogP contribution in [0.4, 0.5) is 0 Å². The minimum Gasteiger partial charge on any atom is -0.462 e. The van der Waals surface area contributed by atoms with E-state index in [9.17, 15) is 24.2 Å². The Labute approximate surface area is 305 Å². The van der Waals surface area contributed by atoms with Crippen molar-refractivity contribution < 1.29 is 47.8 Å². The van der Waals surface area contributed by atoms with E-state index in [1.807, 2.05) is 0 Å². The van der Waals surface area contributed by atoms with Crippen LogP contribution in [0.1, 0.15) is 187 Å². The van der Waals surface area contributed by atoms with E-state index < -0.39 is 51.8 Å². The third-order valence-corrected chi connectivity index (χ3v) is 9.62. The lowest BCUT2D eigenvalue weighted by molar-refractivity contribution is -0.161. The molecule has 296 valence electrons. The molecule has 0 aliphatic carbocycles. The summed E-state index contributed by atoms with van der Waals surface area (Å²) in [7, 11) is -4.61. The molecule has 10 nitrogen and oxygen atoms in total. The number of esters is 2. The Morgan fingerprint density at radius 1 is 0.580 bits per heavy atom. The van der Waals surface area contributed by atoms with E-state index in [-0.39, 0.29) is 19.4 Å². The molecular weight excluding hydrogens is 659 g/mol. The van der Waals surface area contributed by atoms with Crippen molar-refractivity contribution in [1.82, 2.24) is 0 Å². The Bertz CT molecular complexity index is 853. The van der Waals surface area contributed by atoms with Gasteiger partial charge in [-0.1, -0.05) is 154 Å². The monoisotopic (exact) mass is 735 g/mol. The normalized spacial score (nSPS) is 14.1. The molecule has 0 heterocycles. The fraction of sp³-hybridized carbons (Fsp3) is 0.897. The minimum absolute atomic E-state index is 0.189. The first kappa shape index (κ1) is 48.7. The Hall–Kier alpha value is -1.29. The van der Waals surface area contributed by atoms with Crippen LogP contribution in [0.3, 0.4) is 0 Å². The Morgan fingerprint density at radius 3 is 1.50 bits per heavy atom. The molecule has 3 atom stereocenters. The zero-order valence-corrected chi connectivity index (χ0v) is 32.8. The van der Waals surface area contributed by atoms with Crippen molar-refractivity contribution in [3.63, 3.8) is 0 Å². The molecule has 0 fully saturated rings. The van der Waals surface area contributed by atoms with E-state index >= 15 is 0 Å². The number of hydrogen-bond donors (Lipinski definition) is 3. The van der Waals surface area contributed by atoms with Crippen molar-refractivity contribution >= 4 is 19.8 Å². The first-order valence-electron chi connectivity index (χ1n) is 20.1. The van der Waals surface area contributed by atoms with Gasteiger partial charge >= 0.3 is 19.8 Å². The SMILES string of the molecule is CCCC/C=C/CCCCCCCCCCCC(=O)OC[C@H](COP(=O)(O)OC[C@@H](O)CO)OC(=O)CCCCCCCCCCCCCC. The number of allylic oxidation sites excluding steroid dienone is 2. The van der Waals surface area contributed by atoms with Crippen molar-refractivity contribution in [2.24, 2.45) is 0 Å². The summed E-state index contributed by atoms with van der Waals surface area (Å²) >= 11 is 0. The molecule has 50 heavy (non-hydrogen) atoms. The first-order valence-corrected chi connectivity index (χ1v) is 21.6. The minimum atomic E-state index is -4.61. The van der Waals surface area contributed by atoms with Crippen LogP contribution in [0.5, 0.6) is 0 Å². The van der Waals surface area contributed by atoms with Gasteiger partial charge in [-0.15, -0.1) is 0 Å². The van der Waals surface area contributed by atoms with E-state index in [2.05, 4.69) is 30.5 Å². The molecule has 0 amide bonds. The summed E-state index contributed by atoms with van der Waals surface area (Å²) < 4.78 is 32.6. The molecule has 0 saturated heterocycles. The fourth-order valence-corrected chi connectivity index (χ4v) is 6.29. The van der Waals surface area contributed by atoms with Gasteiger partial charge in [-0.05, 0) is 32.1 Å². The molecule has 0 aliphatic rings. The molecule has 11 heteroatoms. The maximum Gasteiger partial charge on any atom is 0.472 e. The van der Waals surface area contributed by atoms with Crippen molar-refractivity contribution in [3.8, 4) is 0 Å². The van der Waals surface area contributed by atoms with Gasteiger partial charge in [-0.3, -0.25) is 18.6 Å². The number of ether oxygens (including phenoxy) is 2. The second-order valence-corrected chi connectivity index (χ2v) is 15.1. The van der Waals surface area contributed by atoms with Gasteiger partial charge in [0.2, 0.25) is 0 Å². The zero-order chi connectivity index (χ0) is 37.0. The number of hydrogen-bond acceptors (Lipinski definition) is 9. The quantitative estimate of drug-likeness (QED) is 0.0242. The van der Waals surface area contributed by atoms with E-state index in [1.165, 1.54) is 109 Å². The number of rotatable bonds is 38. The molecular formula is C39H75O10P. The van der Waals surface area contributed by atoms with Gasteiger partial charge < -0.3 is 24.6 Å². The Morgan fingerprint density at radius 2 is 1.00 bits per heavy atom. The highest BCUT2D eigenvalue weighted by Gasteiger charge is 2.27. The Kier molecular flexibility index (Phi) is 35.2. The highest BCUT2D eigenvalue weighted by molar-refractivity contribution is 7.47. The molecule has 0 aromatic heterocycles. The summed E-state index contributed by atoms with van der Waals surface area (Å²) in [5, 5.41) is 18.3. The maximum atomic E-state index is 12.5.